The molecular weight excluding hydrogens is 392 g/mol. The summed E-state index contributed by atoms with van der Waals surface area (Å²) in [5, 5.41) is 56.1. The lowest BCUT2D eigenvalue weighted by atomic mass is 9.40. The summed E-state index contributed by atoms with van der Waals surface area (Å²) in [5.41, 5.74) is -5.36. The van der Waals surface area contributed by atoms with Crippen LogP contribution in [0.15, 0.2) is 0 Å². The van der Waals surface area contributed by atoms with Gasteiger partial charge in [-0.3, -0.25) is 9.59 Å². The third-order valence-electron chi connectivity index (χ3n) is 9.33. The van der Waals surface area contributed by atoms with Crippen LogP contribution in [0, 0.1) is 28.6 Å². The smallest absolute Gasteiger partial charge is 0.309 e. The topological polar surface area (TPSA) is 145 Å². The van der Waals surface area contributed by atoms with Gasteiger partial charge in [0.15, 0.2) is 0 Å². The number of Topliss-reactive ketones (excluding diaryl/α,β-unsaturated/α-hetero) is 1. The van der Waals surface area contributed by atoms with Gasteiger partial charge in [-0.2, -0.15) is 0 Å². The van der Waals surface area contributed by atoms with Crippen molar-refractivity contribution in [3.05, 3.63) is 0 Å². The molecule has 9 atom stereocenters. The van der Waals surface area contributed by atoms with Crippen LogP contribution < -0.4 is 0 Å². The van der Waals surface area contributed by atoms with Gasteiger partial charge < -0.3 is 30.3 Å². The monoisotopic (exact) mass is 426 g/mol. The number of aliphatic hydroxyl groups excluding tert-OH is 3. The molecule has 0 bridgehead atoms. The predicted octanol–water partition coefficient (Wildman–Crippen LogP) is -0.0787. The van der Waals surface area contributed by atoms with Crippen LogP contribution in [0.4, 0.5) is 0 Å². The quantitative estimate of drug-likeness (QED) is 0.394. The maximum Gasteiger partial charge on any atom is 0.309 e. The number of rotatable bonds is 3. The summed E-state index contributed by atoms with van der Waals surface area (Å²) in [6.07, 6.45) is -1.42. The highest BCUT2D eigenvalue weighted by atomic mass is 16.5. The van der Waals surface area contributed by atoms with Crippen LogP contribution in [0.25, 0.3) is 0 Å². The Morgan fingerprint density at radius 1 is 1.20 bits per heavy atom. The molecule has 0 radical (unpaired) electrons. The number of hydrogen-bond acceptors (Lipinski definition) is 8. The number of fused-ring (bicyclic) bond motifs is 5. The van der Waals surface area contributed by atoms with Crippen LogP contribution in [0.3, 0.4) is 0 Å². The lowest BCUT2D eigenvalue weighted by Gasteiger charge is -2.67. The van der Waals surface area contributed by atoms with Crippen molar-refractivity contribution in [1.29, 1.82) is 0 Å². The van der Waals surface area contributed by atoms with E-state index in [0.29, 0.717) is 19.3 Å². The van der Waals surface area contributed by atoms with E-state index in [1.165, 1.54) is 0 Å². The van der Waals surface area contributed by atoms with Gasteiger partial charge in [-0.25, -0.2) is 0 Å². The third-order valence-corrected chi connectivity index (χ3v) is 9.33. The maximum atomic E-state index is 12.6. The van der Waals surface area contributed by atoms with Gasteiger partial charge in [-0.15, -0.1) is 0 Å². The van der Waals surface area contributed by atoms with Crippen molar-refractivity contribution < 1.29 is 39.9 Å². The zero-order chi connectivity index (χ0) is 22.1. The second-order valence-electron chi connectivity index (χ2n) is 10.3. The Kier molecular flexibility index (Phi) is 5.14. The van der Waals surface area contributed by atoms with Crippen LogP contribution in [0.1, 0.15) is 58.8 Å². The Bertz CT molecular complexity index is 741. The highest BCUT2D eigenvalue weighted by molar-refractivity contribution is 5.81. The van der Waals surface area contributed by atoms with E-state index in [9.17, 15) is 35.1 Å². The number of ketones is 1. The second kappa shape index (κ2) is 6.97. The summed E-state index contributed by atoms with van der Waals surface area (Å²) < 4.78 is 5.24. The molecule has 0 unspecified atom stereocenters. The van der Waals surface area contributed by atoms with Crippen LogP contribution in [0.2, 0.25) is 0 Å². The number of aliphatic hydroxyl groups is 5. The Hall–Kier alpha value is -1.06. The summed E-state index contributed by atoms with van der Waals surface area (Å²) in [5.74, 6) is -2.52. The zero-order valence-corrected chi connectivity index (χ0v) is 17.7. The first kappa shape index (κ1) is 22.1. The van der Waals surface area contributed by atoms with Crippen molar-refractivity contribution in [3.63, 3.8) is 0 Å². The lowest BCUT2D eigenvalue weighted by Crippen LogP contribution is -2.75. The molecule has 0 amide bonds. The fraction of sp³-hybridized carbons (Fsp3) is 0.909. The average Bonchev–Trinajstić information content (AvgIpc) is 2.92. The first-order chi connectivity index (χ1) is 14.0. The first-order valence-electron chi connectivity index (χ1n) is 11.1. The molecule has 0 aliphatic heterocycles. The van der Waals surface area contributed by atoms with Crippen LogP contribution in [0.5, 0.6) is 0 Å². The van der Waals surface area contributed by atoms with Crippen LogP contribution in [-0.4, -0.2) is 73.9 Å². The number of carbonyl (C=O) groups is 2. The van der Waals surface area contributed by atoms with Gasteiger partial charge in [-0.1, -0.05) is 6.92 Å². The molecule has 4 rings (SSSR count). The number of hydrogen-bond donors (Lipinski definition) is 5. The van der Waals surface area contributed by atoms with Gasteiger partial charge in [0.05, 0.1) is 48.0 Å². The van der Waals surface area contributed by atoms with Crippen molar-refractivity contribution in [2.45, 2.75) is 82.2 Å². The molecule has 0 heterocycles. The molecule has 0 aromatic heterocycles. The molecule has 8 nitrogen and oxygen atoms in total. The van der Waals surface area contributed by atoms with E-state index in [1.54, 1.807) is 6.92 Å². The first-order valence-corrected chi connectivity index (χ1v) is 11.1. The molecule has 30 heavy (non-hydrogen) atoms. The van der Waals surface area contributed by atoms with Gasteiger partial charge in [-0.05, 0) is 44.9 Å². The molecule has 8 heteroatoms. The molecule has 0 saturated heterocycles. The van der Waals surface area contributed by atoms with E-state index in [-0.39, 0.29) is 44.0 Å². The molecule has 0 aromatic carbocycles. The molecule has 0 aromatic rings. The summed E-state index contributed by atoms with van der Waals surface area (Å²) in [6, 6.07) is 0. The normalized spacial score (nSPS) is 52.9. The van der Waals surface area contributed by atoms with Crippen molar-refractivity contribution in [1.82, 2.24) is 0 Å². The van der Waals surface area contributed by atoms with Crippen molar-refractivity contribution in [2.24, 2.45) is 28.6 Å². The molecule has 4 saturated carbocycles. The summed E-state index contributed by atoms with van der Waals surface area (Å²) in [4.78, 5) is 24.8. The minimum Gasteiger partial charge on any atom is -0.466 e. The standard InChI is InChI=1S/C22H34O8/c1-3-30-18(27)14-5-7-22(29)13-4-6-20(28)9-12(24)8-16(26)21(20,11-23)17(13)15(25)10-19(14,22)2/h13-17,23,25-26,28-29H,3-11H2,1-2H3/t13-,14-,15-,16-,17-,19-,20+,21+,22-/m0/s1. The highest BCUT2D eigenvalue weighted by Gasteiger charge is 2.75. The maximum absolute atomic E-state index is 12.6. The summed E-state index contributed by atoms with van der Waals surface area (Å²) in [7, 11) is 0. The van der Waals surface area contributed by atoms with Gasteiger partial charge >= 0.3 is 5.97 Å². The number of ether oxygens (including phenoxy) is 1. The Morgan fingerprint density at radius 3 is 2.53 bits per heavy atom. The Labute approximate surface area is 176 Å². The SMILES string of the molecule is CCOC(=O)[C@@H]1CC[C@]2(O)[C@H]3CC[C@@]4(O)CC(=O)C[C@H](O)[C@]4(CO)[C@@H]3[C@@H](O)C[C@@]12C. The minimum absolute atomic E-state index is 0.0899. The molecule has 4 fully saturated rings. The van der Waals surface area contributed by atoms with E-state index in [1.807, 2.05) is 6.92 Å². The Balaban J connectivity index is 1.79. The third kappa shape index (κ3) is 2.51. The molecule has 4 aliphatic carbocycles. The van der Waals surface area contributed by atoms with Crippen molar-refractivity contribution >= 4 is 11.8 Å². The van der Waals surface area contributed by atoms with E-state index in [2.05, 4.69) is 0 Å². The van der Waals surface area contributed by atoms with Crippen molar-refractivity contribution in [2.75, 3.05) is 13.2 Å². The van der Waals surface area contributed by atoms with Gasteiger partial charge in [0.25, 0.3) is 0 Å². The highest BCUT2D eigenvalue weighted by Crippen LogP contribution is 2.69. The van der Waals surface area contributed by atoms with E-state index in [0.717, 1.165) is 0 Å². The molecule has 170 valence electrons. The molecule has 0 spiro atoms. The Morgan fingerprint density at radius 2 is 1.90 bits per heavy atom. The van der Waals surface area contributed by atoms with Gasteiger partial charge in [0.2, 0.25) is 0 Å². The van der Waals surface area contributed by atoms with Crippen molar-refractivity contribution in [3.8, 4) is 0 Å². The lowest BCUT2D eigenvalue weighted by molar-refractivity contribution is -0.304. The number of carbonyl (C=O) groups excluding carboxylic acids is 2. The second-order valence-corrected chi connectivity index (χ2v) is 10.3. The predicted molar refractivity (Wildman–Crippen MR) is 104 cm³/mol. The average molecular weight is 427 g/mol. The minimum atomic E-state index is -1.64. The number of esters is 1. The molecular formula is C22H34O8. The fourth-order valence-electron chi connectivity index (χ4n) is 7.94. The summed E-state index contributed by atoms with van der Waals surface area (Å²) >= 11 is 0. The zero-order valence-electron chi connectivity index (χ0n) is 17.7. The van der Waals surface area contributed by atoms with E-state index in [4.69, 9.17) is 4.74 Å². The van der Waals surface area contributed by atoms with Gasteiger partial charge in [0.1, 0.15) is 5.78 Å². The fourth-order valence-corrected chi connectivity index (χ4v) is 7.94. The van der Waals surface area contributed by atoms with Gasteiger partial charge in [0, 0.05) is 24.2 Å². The molecule has 4 aliphatic rings. The van der Waals surface area contributed by atoms with Crippen LogP contribution >= 0.6 is 0 Å². The summed E-state index contributed by atoms with van der Waals surface area (Å²) in [6.45, 7) is 3.18. The largest absolute Gasteiger partial charge is 0.466 e. The van der Waals surface area contributed by atoms with Crippen LogP contribution in [-0.2, 0) is 14.3 Å². The molecule has 5 N–H and O–H groups in total. The van der Waals surface area contributed by atoms with E-state index >= 15 is 0 Å². The van der Waals surface area contributed by atoms with E-state index < -0.39 is 58.6 Å².